The van der Waals surface area contributed by atoms with Crippen LogP contribution in [-0.4, -0.2) is 41.4 Å². The Morgan fingerprint density at radius 3 is 2.79 bits per heavy atom. The molecule has 0 saturated heterocycles. The summed E-state index contributed by atoms with van der Waals surface area (Å²) in [6.45, 7) is 2.42. The van der Waals surface area contributed by atoms with Crippen molar-refractivity contribution in [1.82, 2.24) is 15.5 Å². The van der Waals surface area contributed by atoms with Gasteiger partial charge in [-0.3, -0.25) is 4.79 Å². The van der Waals surface area contributed by atoms with Gasteiger partial charge in [0.05, 0.1) is 7.11 Å². The quantitative estimate of drug-likeness (QED) is 0.726. The molecule has 0 aliphatic rings. The van der Waals surface area contributed by atoms with Crippen molar-refractivity contribution < 1.29 is 19.2 Å². The van der Waals surface area contributed by atoms with E-state index in [1.165, 1.54) is 0 Å². The molecule has 0 bridgehead atoms. The van der Waals surface area contributed by atoms with E-state index < -0.39 is 0 Å². The lowest BCUT2D eigenvalue weighted by Gasteiger charge is -2.08. The SMILES string of the molecule is COc1ccc(-c2noc(CCCC(=O)NC[C@H](C)CO)n2)cc1. The third kappa shape index (κ3) is 5.34. The number of carbonyl (C=O) groups excluding carboxylic acids is 1. The molecule has 0 unspecified atom stereocenters. The minimum atomic E-state index is -0.0369. The molecule has 0 spiro atoms. The average Bonchev–Trinajstić information content (AvgIpc) is 3.08. The number of amides is 1. The molecular weight excluding hydrogens is 310 g/mol. The number of methoxy groups -OCH3 is 1. The monoisotopic (exact) mass is 333 g/mol. The largest absolute Gasteiger partial charge is 0.497 e. The first-order chi connectivity index (χ1) is 11.6. The highest BCUT2D eigenvalue weighted by atomic mass is 16.5. The van der Waals surface area contributed by atoms with Crippen molar-refractivity contribution in [3.8, 4) is 17.1 Å². The number of nitrogens with zero attached hydrogens (tertiary/aromatic N) is 2. The second-order valence-electron chi connectivity index (χ2n) is 5.69. The van der Waals surface area contributed by atoms with Crippen LogP contribution in [0.3, 0.4) is 0 Å². The van der Waals surface area contributed by atoms with E-state index in [0.29, 0.717) is 37.5 Å². The number of benzene rings is 1. The summed E-state index contributed by atoms with van der Waals surface area (Å²) < 4.78 is 10.3. The maximum absolute atomic E-state index is 11.7. The molecule has 1 aromatic heterocycles. The fourth-order valence-electron chi connectivity index (χ4n) is 2.05. The maximum Gasteiger partial charge on any atom is 0.226 e. The lowest BCUT2D eigenvalue weighted by atomic mass is 10.2. The van der Waals surface area contributed by atoms with E-state index in [-0.39, 0.29) is 18.4 Å². The van der Waals surface area contributed by atoms with Crippen LogP contribution in [0.1, 0.15) is 25.7 Å². The Bertz CT molecular complexity index is 640. The van der Waals surface area contributed by atoms with Crippen molar-refractivity contribution in [2.24, 2.45) is 5.92 Å². The van der Waals surface area contributed by atoms with Crippen molar-refractivity contribution >= 4 is 5.91 Å². The summed E-state index contributed by atoms with van der Waals surface area (Å²) in [5, 5.41) is 15.7. The normalized spacial score (nSPS) is 12.0. The van der Waals surface area contributed by atoms with E-state index in [4.69, 9.17) is 14.4 Å². The number of hydrogen-bond donors (Lipinski definition) is 2. The molecule has 2 aromatic rings. The zero-order valence-electron chi connectivity index (χ0n) is 14.0. The molecule has 1 atom stereocenters. The van der Waals surface area contributed by atoms with Crippen molar-refractivity contribution in [3.05, 3.63) is 30.2 Å². The van der Waals surface area contributed by atoms with Gasteiger partial charge in [-0.1, -0.05) is 12.1 Å². The van der Waals surface area contributed by atoms with E-state index in [1.807, 2.05) is 31.2 Å². The van der Waals surface area contributed by atoms with Crippen LogP contribution in [0, 0.1) is 5.92 Å². The van der Waals surface area contributed by atoms with Crippen LogP contribution in [0.5, 0.6) is 5.75 Å². The number of rotatable bonds is 9. The number of hydrogen-bond acceptors (Lipinski definition) is 6. The Morgan fingerprint density at radius 2 is 2.12 bits per heavy atom. The summed E-state index contributed by atoms with van der Waals surface area (Å²) in [6.07, 6.45) is 1.56. The summed E-state index contributed by atoms with van der Waals surface area (Å²) in [5.41, 5.74) is 0.849. The maximum atomic E-state index is 11.7. The molecule has 0 fully saturated rings. The number of aryl methyl sites for hydroxylation is 1. The lowest BCUT2D eigenvalue weighted by Crippen LogP contribution is -2.29. The number of nitrogens with one attached hydrogen (secondary N) is 1. The van der Waals surface area contributed by atoms with Gasteiger partial charge in [0, 0.05) is 31.6 Å². The Labute approximate surface area is 141 Å². The third-order valence-electron chi connectivity index (χ3n) is 3.57. The van der Waals surface area contributed by atoms with E-state index in [0.717, 1.165) is 11.3 Å². The van der Waals surface area contributed by atoms with Gasteiger partial charge in [-0.25, -0.2) is 0 Å². The summed E-state index contributed by atoms with van der Waals surface area (Å²) >= 11 is 0. The first-order valence-electron chi connectivity index (χ1n) is 7.97. The fourth-order valence-corrected chi connectivity index (χ4v) is 2.05. The van der Waals surface area contributed by atoms with Gasteiger partial charge in [0.2, 0.25) is 17.6 Å². The minimum Gasteiger partial charge on any atom is -0.497 e. The molecule has 1 aromatic carbocycles. The van der Waals surface area contributed by atoms with Gasteiger partial charge in [-0.05, 0) is 36.6 Å². The van der Waals surface area contributed by atoms with Crippen LogP contribution in [0.25, 0.3) is 11.4 Å². The second kappa shape index (κ2) is 9.02. The van der Waals surface area contributed by atoms with Gasteiger partial charge in [0.15, 0.2) is 0 Å². The number of ether oxygens (including phenoxy) is 1. The third-order valence-corrected chi connectivity index (χ3v) is 3.57. The molecule has 2 rings (SSSR count). The molecule has 0 aliphatic carbocycles. The Hall–Kier alpha value is -2.41. The highest BCUT2D eigenvalue weighted by Gasteiger charge is 2.10. The summed E-state index contributed by atoms with van der Waals surface area (Å²) in [5.74, 6) is 1.83. The van der Waals surface area contributed by atoms with Gasteiger partial charge >= 0.3 is 0 Å². The van der Waals surface area contributed by atoms with Gasteiger partial charge < -0.3 is 19.7 Å². The molecule has 24 heavy (non-hydrogen) atoms. The molecule has 2 N–H and O–H groups in total. The molecular formula is C17H23N3O4. The molecule has 7 heteroatoms. The first-order valence-corrected chi connectivity index (χ1v) is 7.97. The van der Waals surface area contributed by atoms with Gasteiger partial charge in [-0.2, -0.15) is 4.98 Å². The van der Waals surface area contributed by atoms with Crippen LogP contribution in [0.15, 0.2) is 28.8 Å². The molecule has 7 nitrogen and oxygen atoms in total. The van der Waals surface area contributed by atoms with Gasteiger partial charge in [0.1, 0.15) is 5.75 Å². The van der Waals surface area contributed by atoms with Gasteiger partial charge in [-0.15, -0.1) is 0 Å². The lowest BCUT2D eigenvalue weighted by molar-refractivity contribution is -0.121. The second-order valence-corrected chi connectivity index (χ2v) is 5.69. The number of aromatic nitrogens is 2. The van der Waals surface area contributed by atoms with Crippen molar-refractivity contribution in [2.75, 3.05) is 20.3 Å². The van der Waals surface area contributed by atoms with E-state index in [1.54, 1.807) is 7.11 Å². The predicted octanol–water partition coefficient (Wildman–Crippen LogP) is 1.81. The van der Waals surface area contributed by atoms with E-state index in [2.05, 4.69) is 15.5 Å². The Balaban J connectivity index is 1.78. The van der Waals surface area contributed by atoms with Crippen LogP contribution in [0.2, 0.25) is 0 Å². The van der Waals surface area contributed by atoms with Crippen LogP contribution in [-0.2, 0) is 11.2 Å². The van der Waals surface area contributed by atoms with Crippen LogP contribution in [0.4, 0.5) is 0 Å². The summed E-state index contributed by atoms with van der Waals surface area (Å²) in [4.78, 5) is 16.0. The molecule has 0 aliphatic heterocycles. The first kappa shape index (κ1) is 17.9. The van der Waals surface area contributed by atoms with Crippen molar-refractivity contribution in [2.45, 2.75) is 26.2 Å². The van der Waals surface area contributed by atoms with E-state index >= 15 is 0 Å². The smallest absolute Gasteiger partial charge is 0.226 e. The van der Waals surface area contributed by atoms with Crippen molar-refractivity contribution in [1.29, 1.82) is 0 Å². The summed E-state index contributed by atoms with van der Waals surface area (Å²) in [6, 6.07) is 7.40. The van der Waals surface area contributed by atoms with E-state index in [9.17, 15) is 4.79 Å². The molecule has 1 heterocycles. The Kier molecular flexibility index (Phi) is 6.74. The minimum absolute atomic E-state index is 0.0369. The molecule has 0 saturated carbocycles. The number of aliphatic hydroxyl groups is 1. The molecule has 130 valence electrons. The average molecular weight is 333 g/mol. The van der Waals surface area contributed by atoms with Crippen LogP contribution >= 0.6 is 0 Å². The predicted molar refractivity (Wildman–Crippen MR) is 88.5 cm³/mol. The zero-order valence-corrected chi connectivity index (χ0v) is 14.0. The van der Waals surface area contributed by atoms with Crippen molar-refractivity contribution in [3.63, 3.8) is 0 Å². The zero-order chi connectivity index (χ0) is 17.4. The standard InChI is InChI=1S/C17H23N3O4/c1-12(11-21)10-18-15(22)4-3-5-16-19-17(20-24-16)13-6-8-14(23-2)9-7-13/h6-9,12,21H,3-5,10-11H2,1-2H3,(H,18,22)/t12-/m0/s1. The highest BCUT2D eigenvalue weighted by molar-refractivity contribution is 5.75. The fraction of sp³-hybridized carbons (Fsp3) is 0.471. The Morgan fingerprint density at radius 1 is 1.38 bits per heavy atom. The molecule has 0 radical (unpaired) electrons. The van der Waals surface area contributed by atoms with Gasteiger partial charge in [0.25, 0.3) is 0 Å². The molecule has 1 amide bonds. The number of carbonyl (C=O) groups is 1. The summed E-state index contributed by atoms with van der Waals surface area (Å²) in [7, 11) is 1.61. The van der Waals surface area contributed by atoms with Crippen LogP contribution < -0.4 is 10.1 Å². The number of aliphatic hydroxyl groups excluding tert-OH is 1. The topological polar surface area (TPSA) is 97.5 Å². The highest BCUT2D eigenvalue weighted by Crippen LogP contribution is 2.20.